The monoisotopic (exact) mass is 713 g/mol. The zero-order valence-electron chi connectivity index (χ0n) is 26.5. The van der Waals surface area contributed by atoms with Gasteiger partial charge >= 0.3 is 20.4 Å². The van der Waals surface area contributed by atoms with Crippen LogP contribution in [0.5, 0.6) is 11.5 Å². The molecule has 0 aliphatic rings. The predicted octanol–water partition coefficient (Wildman–Crippen LogP) is 9.88. The van der Waals surface area contributed by atoms with E-state index in [9.17, 15) is 0 Å². The molecular weight excluding hydrogens is 685 g/mol. The summed E-state index contributed by atoms with van der Waals surface area (Å²) in [5, 5.41) is 4.04. The second kappa shape index (κ2) is 11.4. The van der Waals surface area contributed by atoms with E-state index in [1.807, 2.05) is 60.9 Å². The molecule has 0 spiro atoms. The molecule has 0 atom stereocenters. The third kappa shape index (κ3) is 4.78. The van der Waals surface area contributed by atoms with Gasteiger partial charge in [-0.05, 0) is 35.1 Å². The Hall–Kier alpha value is -5.35. The SMILES string of the molecule is CC(C)(C)c1cccnc1-n1c2[c-]c(Oc3[c-]c4c(cc3)c3ncccc3n3cc(-c5ccccc5)nc43)ccc2c2ccccc21.[Pd+2]. The first kappa shape index (κ1) is 30.0. The molecule has 5 heterocycles. The van der Waals surface area contributed by atoms with E-state index in [0.29, 0.717) is 11.5 Å². The molecule has 9 rings (SSSR count). The van der Waals surface area contributed by atoms with Gasteiger partial charge in [-0.25, -0.2) is 4.98 Å². The number of aromatic nitrogens is 5. The molecular formula is C41H29N5OPd. The fourth-order valence-electron chi connectivity index (χ4n) is 6.63. The Morgan fingerprint density at radius 2 is 1.38 bits per heavy atom. The van der Waals surface area contributed by atoms with Crippen LogP contribution in [0.1, 0.15) is 26.3 Å². The predicted molar refractivity (Wildman–Crippen MR) is 188 cm³/mol. The number of ether oxygens (including phenoxy) is 1. The van der Waals surface area contributed by atoms with Crippen LogP contribution >= 0.6 is 0 Å². The Labute approximate surface area is 291 Å². The number of benzene rings is 4. The van der Waals surface area contributed by atoms with Crippen LogP contribution in [-0.2, 0) is 25.8 Å². The summed E-state index contributed by atoms with van der Waals surface area (Å²) in [4.78, 5) is 14.7. The largest absolute Gasteiger partial charge is 2.00 e. The summed E-state index contributed by atoms with van der Waals surface area (Å²) in [5.41, 5.74) is 7.65. The van der Waals surface area contributed by atoms with Gasteiger partial charge < -0.3 is 13.7 Å². The van der Waals surface area contributed by atoms with Crippen molar-refractivity contribution < 1.29 is 25.2 Å². The van der Waals surface area contributed by atoms with E-state index in [2.05, 4.69) is 103 Å². The molecule has 0 saturated heterocycles. The number of rotatable bonds is 4. The molecule has 0 aliphatic heterocycles. The molecule has 0 amide bonds. The van der Waals surface area contributed by atoms with Crippen molar-refractivity contribution in [2.75, 3.05) is 0 Å². The molecule has 0 radical (unpaired) electrons. The van der Waals surface area contributed by atoms with Crippen molar-refractivity contribution in [3.8, 4) is 28.6 Å². The van der Waals surface area contributed by atoms with Crippen LogP contribution in [0.3, 0.4) is 0 Å². The molecule has 0 aliphatic carbocycles. The first-order valence-electron chi connectivity index (χ1n) is 15.7. The van der Waals surface area contributed by atoms with Crippen LogP contribution in [0.25, 0.3) is 66.3 Å². The molecule has 7 heteroatoms. The Morgan fingerprint density at radius 1 is 0.667 bits per heavy atom. The van der Waals surface area contributed by atoms with E-state index in [4.69, 9.17) is 19.7 Å². The number of imidazole rings is 1. The number of para-hydroxylation sites is 1. The van der Waals surface area contributed by atoms with Crippen molar-refractivity contribution in [3.63, 3.8) is 0 Å². The first-order chi connectivity index (χ1) is 22.9. The van der Waals surface area contributed by atoms with Crippen molar-refractivity contribution in [1.82, 2.24) is 23.9 Å². The fourth-order valence-corrected chi connectivity index (χ4v) is 6.63. The van der Waals surface area contributed by atoms with Gasteiger partial charge in [0.15, 0.2) is 0 Å². The van der Waals surface area contributed by atoms with Crippen molar-refractivity contribution in [3.05, 3.63) is 139 Å². The van der Waals surface area contributed by atoms with Gasteiger partial charge in [0.05, 0.1) is 22.4 Å². The van der Waals surface area contributed by atoms with Gasteiger partial charge in [0, 0.05) is 46.7 Å². The van der Waals surface area contributed by atoms with E-state index in [1.54, 1.807) is 0 Å². The molecule has 0 fully saturated rings. The van der Waals surface area contributed by atoms with Gasteiger partial charge in [-0.3, -0.25) is 9.97 Å². The van der Waals surface area contributed by atoms with Crippen LogP contribution in [0.2, 0.25) is 0 Å². The second-order valence-electron chi connectivity index (χ2n) is 12.8. The molecule has 9 aromatic rings. The maximum atomic E-state index is 6.53. The number of hydrogen-bond acceptors (Lipinski definition) is 4. The first-order valence-corrected chi connectivity index (χ1v) is 15.7. The summed E-state index contributed by atoms with van der Waals surface area (Å²) in [6.45, 7) is 6.65. The Balaban J connectivity index is 0.00000336. The summed E-state index contributed by atoms with van der Waals surface area (Å²) >= 11 is 0. The minimum absolute atomic E-state index is 0. The fraction of sp³-hybridized carbons (Fsp3) is 0.0976. The van der Waals surface area contributed by atoms with E-state index in [1.165, 1.54) is 0 Å². The Morgan fingerprint density at radius 3 is 2.21 bits per heavy atom. The van der Waals surface area contributed by atoms with Gasteiger partial charge in [-0.2, -0.15) is 6.07 Å². The zero-order chi connectivity index (χ0) is 31.7. The zero-order valence-corrected chi connectivity index (χ0v) is 28.1. The smallest absolute Gasteiger partial charge is 0.503 e. The molecule has 0 saturated carbocycles. The third-order valence-corrected chi connectivity index (χ3v) is 8.80. The quantitative estimate of drug-likeness (QED) is 0.104. The Kier molecular flexibility index (Phi) is 7.14. The van der Waals surface area contributed by atoms with Crippen molar-refractivity contribution in [2.45, 2.75) is 26.2 Å². The number of pyridine rings is 3. The maximum Gasteiger partial charge on any atom is 2.00 e. The second-order valence-corrected chi connectivity index (χ2v) is 12.8. The van der Waals surface area contributed by atoms with E-state index >= 15 is 0 Å². The minimum atomic E-state index is -0.104. The van der Waals surface area contributed by atoms with Gasteiger partial charge in [0.25, 0.3) is 0 Å². The molecule has 0 bridgehead atoms. The minimum Gasteiger partial charge on any atom is -0.503 e. The van der Waals surface area contributed by atoms with E-state index in [0.717, 1.165) is 71.9 Å². The van der Waals surface area contributed by atoms with E-state index < -0.39 is 0 Å². The molecule has 0 unspecified atom stereocenters. The summed E-state index contributed by atoms with van der Waals surface area (Å²) in [6, 6.07) is 42.0. The molecule has 48 heavy (non-hydrogen) atoms. The maximum absolute atomic E-state index is 6.53. The van der Waals surface area contributed by atoms with Crippen molar-refractivity contribution in [2.24, 2.45) is 0 Å². The van der Waals surface area contributed by atoms with Crippen LogP contribution in [-0.4, -0.2) is 23.9 Å². The topological polar surface area (TPSA) is 57.2 Å². The average molecular weight is 714 g/mol. The van der Waals surface area contributed by atoms with Gasteiger partial charge in [-0.15, -0.1) is 23.6 Å². The van der Waals surface area contributed by atoms with Crippen molar-refractivity contribution >= 4 is 49.3 Å². The number of fused-ring (bicyclic) bond motifs is 9. The summed E-state index contributed by atoms with van der Waals surface area (Å²) < 4.78 is 10.8. The van der Waals surface area contributed by atoms with Gasteiger partial charge in [0.2, 0.25) is 0 Å². The number of hydrogen-bond donors (Lipinski definition) is 0. The third-order valence-electron chi connectivity index (χ3n) is 8.80. The molecule has 234 valence electrons. The summed E-state index contributed by atoms with van der Waals surface area (Å²) in [5.74, 6) is 2.06. The van der Waals surface area contributed by atoms with Crippen molar-refractivity contribution in [1.29, 1.82) is 0 Å². The Bertz CT molecular complexity index is 2650. The molecule has 4 aromatic carbocycles. The van der Waals surface area contributed by atoms with Crippen LogP contribution in [0, 0.1) is 12.1 Å². The van der Waals surface area contributed by atoms with Gasteiger partial charge in [0.1, 0.15) is 5.82 Å². The normalized spacial score (nSPS) is 11.9. The van der Waals surface area contributed by atoms with Crippen LogP contribution in [0.4, 0.5) is 0 Å². The average Bonchev–Trinajstić information content (AvgIpc) is 3.69. The molecule has 0 N–H and O–H groups in total. The van der Waals surface area contributed by atoms with Gasteiger partial charge in [-0.1, -0.05) is 104 Å². The molecule has 6 nitrogen and oxygen atoms in total. The molecule has 5 aromatic heterocycles. The van der Waals surface area contributed by atoms with Crippen LogP contribution < -0.4 is 4.74 Å². The van der Waals surface area contributed by atoms with Crippen LogP contribution in [0.15, 0.2) is 122 Å². The summed E-state index contributed by atoms with van der Waals surface area (Å²) in [6.07, 6.45) is 5.75. The standard InChI is InChI=1S/C41H29N5O.Pd/c1-41(2,3)33-14-9-22-43-40(33)46-35-15-8-7-13-29(35)30-19-17-28(24-37(30)46)47-27-18-20-31-32(23-27)39-44-34(26-11-5-4-6-12-26)25-45(39)36-16-10-21-42-38(31)36;/h4-22,25H,1-3H3;/q-2;+2. The van der Waals surface area contributed by atoms with E-state index in [-0.39, 0.29) is 25.8 Å². The number of nitrogens with zero attached hydrogens (tertiary/aromatic N) is 5. The summed E-state index contributed by atoms with van der Waals surface area (Å²) in [7, 11) is 0.